The molecule has 4 rings (SSSR count). The number of nitrogens with one attached hydrogen (secondary N) is 2. The number of aromatic nitrogens is 2. The van der Waals surface area contributed by atoms with Crippen LogP contribution in [0.2, 0.25) is 0 Å². The molecule has 1 unspecified atom stereocenters. The maximum Gasteiger partial charge on any atom is 0.233 e. The lowest BCUT2D eigenvalue weighted by atomic mass is 9.96. The normalized spacial score (nSPS) is 15.7. The molecule has 1 amide bonds. The molecule has 26 heavy (non-hydrogen) atoms. The van der Waals surface area contributed by atoms with Gasteiger partial charge in [0.2, 0.25) is 11.9 Å². The van der Waals surface area contributed by atoms with Gasteiger partial charge in [0.1, 0.15) is 18.1 Å². The van der Waals surface area contributed by atoms with E-state index in [9.17, 15) is 4.79 Å². The molecule has 6 heteroatoms. The Morgan fingerprint density at radius 2 is 2.12 bits per heavy atom. The number of H-pyrrole nitrogens is 1. The zero-order chi connectivity index (χ0) is 17.9. The molecule has 0 radical (unpaired) electrons. The fraction of sp³-hybridized carbons (Fsp3) is 0.200. The summed E-state index contributed by atoms with van der Waals surface area (Å²) in [4.78, 5) is 20.0. The summed E-state index contributed by atoms with van der Waals surface area (Å²) >= 11 is 0. The van der Waals surface area contributed by atoms with Crippen molar-refractivity contribution in [2.24, 2.45) is 5.92 Å². The van der Waals surface area contributed by atoms with E-state index in [2.05, 4.69) is 15.3 Å². The van der Waals surface area contributed by atoms with E-state index in [1.165, 1.54) is 0 Å². The second-order valence-corrected chi connectivity index (χ2v) is 6.19. The lowest BCUT2D eigenvalue weighted by Crippen LogP contribution is -2.32. The van der Waals surface area contributed by atoms with Crippen LogP contribution in [-0.2, 0) is 11.2 Å². The fourth-order valence-corrected chi connectivity index (χ4v) is 3.02. The van der Waals surface area contributed by atoms with Gasteiger partial charge in [0, 0.05) is 6.07 Å². The number of fused-ring (bicyclic) bond motifs is 1. The number of rotatable bonds is 4. The number of amides is 1. The second-order valence-electron chi connectivity index (χ2n) is 6.19. The van der Waals surface area contributed by atoms with Crippen LogP contribution in [0.25, 0.3) is 11.3 Å². The van der Waals surface area contributed by atoms with Crippen molar-refractivity contribution in [2.75, 3.05) is 19.0 Å². The van der Waals surface area contributed by atoms with Crippen LogP contribution in [0.15, 0.2) is 54.7 Å². The van der Waals surface area contributed by atoms with E-state index in [1.807, 2.05) is 48.5 Å². The number of carbonyl (C=O) groups excluding carboxylic acids is 1. The van der Waals surface area contributed by atoms with E-state index in [0.29, 0.717) is 19.0 Å². The fourth-order valence-electron chi connectivity index (χ4n) is 3.02. The van der Waals surface area contributed by atoms with Gasteiger partial charge in [-0.3, -0.25) is 10.1 Å². The number of nitrogens with zero attached hydrogens (tertiary/aromatic N) is 1. The molecule has 2 aromatic carbocycles. The maximum absolute atomic E-state index is 12.6. The number of aromatic amines is 1. The molecule has 2 heterocycles. The number of ether oxygens (including phenoxy) is 2. The van der Waals surface area contributed by atoms with E-state index >= 15 is 0 Å². The molecular formula is C20H19N3O3. The Bertz CT molecular complexity index is 921. The van der Waals surface area contributed by atoms with Crippen molar-refractivity contribution in [1.29, 1.82) is 0 Å². The minimum atomic E-state index is -0.263. The summed E-state index contributed by atoms with van der Waals surface area (Å²) in [6.45, 7) is 0.332. The number of carbonyl (C=O) groups is 1. The van der Waals surface area contributed by atoms with Gasteiger partial charge in [-0.2, -0.15) is 0 Å². The largest absolute Gasteiger partial charge is 0.497 e. The van der Waals surface area contributed by atoms with Crippen LogP contribution in [0.5, 0.6) is 11.5 Å². The number of anilines is 1. The molecule has 132 valence electrons. The monoisotopic (exact) mass is 349 g/mol. The van der Waals surface area contributed by atoms with E-state index in [0.717, 1.165) is 28.3 Å². The molecule has 0 saturated heterocycles. The molecule has 1 aliphatic rings. The Labute approximate surface area is 151 Å². The summed E-state index contributed by atoms with van der Waals surface area (Å²) in [5.74, 6) is 1.59. The van der Waals surface area contributed by atoms with Gasteiger partial charge in [-0.1, -0.05) is 36.4 Å². The first kappa shape index (κ1) is 16.2. The minimum absolute atomic E-state index is 0.111. The van der Waals surface area contributed by atoms with Crippen molar-refractivity contribution in [3.8, 4) is 22.8 Å². The van der Waals surface area contributed by atoms with Crippen molar-refractivity contribution in [3.63, 3.8) is 0 Å². The molecule has 0 spiro atoms. The van der Waals surface area contributed by atoms with Crippen LogP contribution >= 0.6 is 0 Å². The number of imidazole rings is 1. The third-order valence-electron chi connectivity index (χ3n) is 4.45. The number of benzene rings is 2. The molecule has 0 aliphatic carbocycles. The predicted molar refractivity (Wildman–Crippen MR) is 98.3 cm³/mol. The van der Waals surface area contributed by atoms with Gasteiger partial charge < -0.3 is 14.5 Å². The molecule has 1 aliphatic heterocycles. The van der Waals surface area contributed by atoms with Crippen LogP contribution in [-0.4, -0.2) is 29.6 Å². The molecular weight excluding hydrogens is 330 g/mol. The van der Waals surface area contributed by atoms with Crippen molar-refractivity contribution in [3.05, 3.63) is 60.3 Å². The summed E-state index contributed by atoms with van der Waals surface area (Å²) in [6.07, 6.45) is 2.33. The van der Waals surface area contributed by atoms with E-state index in [-0.39, 0.29) is 11.8 Å². The van der Waals surface area contributed by atoms with Gasteiger partial charge in [0.05, 0.1) is 24.9 Å². The molecule has 3 aromatic rings. The zero-order valence-electron chi connectivity index (χ0n) is 14.4. The van der Waals surface area contributed by atoms with Gasteiger partial charge in [0.25, 0.3) is 0 Å². The number of hydrogen-bond acceptors (Lipinski definition) is 4. The van der Waals surface area contributed by atoms with E-state index in [4.69, 9.17) is 9.47 Å². The standard InChI is InChI=1S/C20H19N3O3/c1-25-16-8-7-14-9-15(12-26-18(14)10-16)19(24)23-20-21-11-17(22-20)13-5-3-2-4-6-13/h2-8,10-11,15H,9,12H2,1H3,(H2,21,22,23,24). The molecule has 0 bridgehead atoms. The third-order valence-corrected chi connectivity index (χ3v) is 4.45. The summed E-state index contributed by atoms with van der Waals surface area (Å²) in [5, 5.41) is 2.84. The van der Waals surface area contributed by atoms with Crippen LogP contribution in [0, 0.1) is 5.92 Å². The molecule has 1 aromatic heterocycles. The average Bonchev–Trinajstić information content (AvgIpc) is 3.16. The third kappa shape index (κ3) is 3.26. The zero-order valence-corrected chi connectivity index (χ0v) is 14.4. The highest BCUT2D eigenvalue weighted by molar-refractivity contribution is 5.91. The van der Waals surface area contributed by atoms with Gasteiger partial charge >= 0.3 is 0 Å². The van der Waals surface area contributed by atoms with Crippen LogP contribution in [0.4, 0.5) is 5.95 Å². The SMILES string of the molecule is COc1ccc2c(c1)OCC(C(=O)Nc1ncc(-c3ccccc3)[nH]1)C2. The van der Waals surface area contributed by atoms with Crippen molar-refractivity contribution in [2.45, 2.75) is 6.42 Å². The quantitative estimate of drug-likeness (QED) is 0.758. The molecule has 0 fully saturated rings. The summed E-state index contributed by atoms with van der Waals surface area (Å²) in [5.41, 5.74) is 2.88. The highest BCUT2D eigenvalue weighted by Crippen LogP contribution is 2.31. The first-order valence-corrected chi connectivity index (χ1v) is 8.44. The Morgan fingerprint density at radius 1 is 1.27 bits per heavy atom. The van der Waals surface area contributed by atoms with Crippen LogP contribution in [0.1, 0.15) is 5.56 Å². The highest BCUT2D eigenvalue weighted by Gasteiger charge is 2.27. The lowest BCUT2D eigenvalue weighted by molar-refractivity contribution is -0.121. The Morgan fingerprint density at radius 3 is 2.92 bits per heavy atom. The van der Waals surface area contributed by atoms with Crippen molar-refractivity contribution in [1.82, 2.24) is 9.97 Å². The topological polar surface area (TPSA) is 76.2 Å². The Kier molecular flexibility index (Phi) is 4.31. The molecule has 2 N–H and O–H groups in total. The summed E-state index contributed by atoms with van der Waals surface area (Å²) in [7, 11) is 1.62. The first-order valence-electron chi connectivity index (χ1n) is 8.44. The molecule has 6 nitrogen and oxygen atoms in total. The van der Waals surface area contributed by atoms with Crippen LogP contribution in [0.3, 0.4) is 0 Å². The van der Waals surface area contributed by atoms with E-state index in [1.54, 1.807) is 13.3 Å². The van der Waals surface area contributed by atoms with Crippen molar-refractivity contribution < 1.29 is 14.3 Å². The summed E-state index contributed by atoms with van der Waals surface area (Å²) < 4.78 is 10.9. The predicted octanol–water partition coefficient (Wildman–Crippen LogP) is 3.28. The van der Waals surface area contributed by atoms with Gasteiger partial charge in [-0.05, 0) is 23.6 Å². The lowest BCUT2D eigenvalue weighted by Gasteiger charge is -2.24. The minimum Gasteiger partial charge on any atom is -0.497 e. The second kappa shape index (κ2) is 6.92. The highest BCUT2D eigenvalue weighted by atomic mass is 16.5. The van der Waals surface area contributed by atoms with E-state index < -0.39 is 0 Å². The number of methoxy groups -OCH3 is 1. The Balaban J connectivity index is 1.43. The van der Waals surface area contributed by atoms with Gasteiger partial charge in [0.15, 0.2) is 0 Å². The molecule has 0 saturated carbocycles. The first-order chi connectivity index (χ1) is 12.7. The van der Waals surface area contributed by atoms with Crippen molar-refractivity contribution >= 4 is 11.9 Å². The molecule has 1 atom stereocenters. The summed E-state index contributed by atoms with van der Waals surface area (Å²) in [6, 6.07) is 15.5. The van der Waals surface area contributed by atoms with Crippen LogP contribution < -0.4 is 14.8 Å². The van der Waals surface area contributed by atoms with Gasteiger partial charge in [-0.25, -0.2) is 4.98 Å². The smallest absolute Gasteiger partial charge is 0.233 e. The van der Waals surface area contributed by atoms with Gasteiger partial charge in [-0.15, -0.1) is 0 Å². The Hall–Kier alpha value is -3.28. The maximum atomic E-state index is 12.6. The average molecular weight is 349 g/mol. The number of hydrogen-bond donors (Lipinski definition) is 2.